The topological polar surface area (TPSA) is 28.2 Å². The highest BCUT2D eigenvalue weighted by Crippen LogP contribution is 2.30. The number of aromatic nitrogens is 1. The van der Waals surface area contributed by atoms with Crippen LogP contribution in [-0.4, -0.2) is 24.1 Å². The summed E-state index contributed by atoms with van der Waals surface area (Å²) in [6, 6.07) is 3.52. The van der Waals surface area contributed by atoms with Crippen LogP contribution in [0.2, 0.25) is 5.02 Å². The van der Waals surface area contributed by atoms with Crippen molar-refractivity contribution in [2.45, 2.75) is 44.3 Å². The van der Waals surface area contributed by atoms with Gasteiger partial charge in [0.15, 0.2) is 0 Å². The van der Waals surface area contributed by atoms with Crippen molar-refractivity contribution in [1.82, 2.24) is 10.3 Å². The second kappa shape index (κ2) is 4.46. The Balaban J connectivity index is 1.72. The third-order valence-electron chi connectivity index (χ3n) is 3.53. The fourth-order valence-electron chi connectivity index (χ4n) is 1.99. The average molecular weight is 252 g/mol. The van der Waals surface area contributed by atoms with Crippen molar-refractivity contribution in [1.29, 1.82) is 0 Å². The quantitative estimate of drug-likeness (QED) is 0.872. The molecule has 0 spiro atoms. The molecule has 0 unspecified atom stereocenters. The second-order valence-electron chi connectivity index (χ2n) is 5.13. The van der Waals surface area contributed by atoms with Crippen LogP contribution in [0.5, 0.6) is 0 Å². The molecule has 2 aliphatic carbocycles. The van der Waals surface area contributed by atoms with Crippen LogP contribution < -0.4 is 10.2 Å². The first-order chi connectivity index (χ1) is 8.24. The van der Waals surface area contributed by atoms with Crippen LogP contribution in [0, 0.1) is 0 Å². The van der Waals surface area contributed by atoms with Crippen LogP contribution in [0.1, 0.15) is 31.2 Å². The molecule has 1 aromatic heterocycles. The van der Waals surface area contributed by atoms with Crippen molar-refractivity contribution >= 4 is 17.4 Å². The molecule has 2 fully saturated rings. The van der Waals surface area contributed by atoms with E-state index in [-0.39, 0.29) is 0 Å². The van der Waals surface area contributed by atoms with E-state index in [1.807, 2.05) is 0 Å². The lowest BCUT2D eigenvalue weighted by atomic mass is 10.2. The normalized spacial score (nSPS) is 19.4. The molecule has 4 heteroatoms. The van der Waals surface area contributed by atoms with E-state index in [4.69, 9.17) is 11.6 Å². The Morgan fingerprint density at radius 2 is 2.18 bits per heavy atom. The largest absolute Gasteiger partial charge is 0.357 e. The molecule has 0 bridgehead atoms. The third kappa shape index (κ3) is 2.72. The standard InChI is InChI=1S/C13H18ClN3/c1-17(11-4-5-11)13-6-9(12(14)8-16-13)7-15-10-2-3-10/h6,8,10-11,15H,2-5,7H2,1H3. The van der Waals surface area contributed by atoms with E-state index in [0.717, 1.165) is 22.9 Å². The molecule has 1 N–H and O–H groups in total. The number of rotatable bonds is 5. The molecule has 3 nitrogen and oxygen atoms in total. The maximum absolute atomic E-state index is 6.18. The smallest absolute Gasteiger partial charge is 0.128 e. The molecular weight excluding hydrogens is 234 g/mol. The highest BCUT2D eigenvalue weighted by molar-refractivity contribution is 6.31. The Labute approximate surface area is 107 Å². The second-order valence-corrected chi connectivity index (χ2v) is 5.54. The lowest BCUT2D eigenvalue weighted by molar-refractivity contribution is 0.686. The van der Waals surface area contributed by atoms with Crippen molar-refractivity contribution in [2.24, 2.45) is 0 Å². The summed E-state index contributed by atoms with van der Waals surface area (Å²) in [5.41, 5.74) is 1.16. The average Bonchev–Trinajstić information content (AvgIpc) is 3.18. The fourth-order valence-corrected chi connectivity index (χ4v) is 2.16. The van der Waals surface area contributed by atoms with Gasteiger partial charge in [0.2, 0.25) is 0 Å². The molecule has 1 aromatic rings. The van der Waals surface area contributed by atoms with Crippen LogP contribution in [-0.2, 0) is 6.54 Å². The molecule has 2 aliphatic rings. The molecule has 0 aliphatic heterocycles. The third-order valence-corrected chi connectivity index (χ3v) is 3.88. The minimum absolute atomic E-state index is 0.688. The highest BCUT2D eigenvalue weighted by atomic mass is 35.5. The van der Waals surface area contributed by atoms with Gasteiger partial charge in [0.25, 0.3) is 0 Å². The van der Waals surface area contributed by atoms with Crippen molar-refractivity contribution in [3.8, 4) is 0 Å². The Hall–Kier alpha value is -0.800. The minimum Gasteiger partial charge on any atom is -0.357 e. The first kappa shape index (κ1) is 11.3. The number of nitrogens with zero attached hydrogens (tertiary/aromatic N) is 2. The number of hydrogen-bond donors (Lipinski definition) is 1. The SMILES string of the molecule is CN(c1cc(CNC2CC2)c(Cl)cn1)C1CC1. The molecule has 0 atom stereocenters. The summed E-state index contributed by atoms with van der Waals surface area (Å²) in [6.07, 6.45) is 6.96. The molecule has 3 rings (SSSR count). The molecule has 2 saturated carbocycles. The predicted octanol–water partition coefficient (Wildman–Crippen LogP) is 2.59. The van der Waals surface area contributed by atoms with Gasteiger partial charge in [0.05, 0.1) is 5.02 Å². The number of hydrogen-bond acceptors (Lipinski definition) is 3. The minimum atomic E-state index is 0.688. The fraction of sp³-hybridized carbons (Fsp3) is 0.615. The van der Waals surface area contributed by atoms with Gasteiger partial charge in [-0.05, 0) is 37.3 Å². The summed E-state index contributed by atoms with van der Waals surface area (Å²) in [6.45, 7) is 0.859. The van der Waals surface area contributed by atoms with Gasteiger partial charge in [0.1, 0.15) is 5.82 Å². The van der Waals surface area contributed by atoms with E-state index >= 15 is 0 Å². The Morgan fingerprint density at radius 1 is 1.41 bits per heavy atom. The van der Waals surface area contributed by atoms with E-state index in [1.165, 1.54) is 25.7 Å². The van der Waals surface area contributed by atoms with Crippen molar-refractivity contribution in [3.05, 3.63) is 22.8 Å². The zero-order valence-electron chi connectivity index (χ0n) is 10.1. The Kier molecular flexibility index (Phi) is 2.97. The molecule has 17 heavy (non-hydrogen) atoms. The number of pyridine rings is 1. The lowest BCUT2D eigenvalue weighted by Crippen LogP contribution is -2.21. The van der Waals surface area contributed by atoms with Crippen LogP contribution >= 0.6 is 11.6 Å². The lowest BCUT2D eigenvalue weighted by Gasteiger charge is -2.18. The molecule has 0 amide bonds. The monoisotopic (exact) mass is 251 g/mol. The van der Waals surface area contributed by atoms with Crippen LogP contribution in [0.4, 0.5) is 5.82 Å². The number of nitrogens with one attached hydrogen (secondary N) is 1. The summed E-state index contributed by atoms with van der Waals surface area (Å²) in [7, 11) is 2.12. The molecule has 0 aromatic carbocycles. The van der Waals surface area contributed by atoms with Crippen LogP contribution in [0.15, 0.2) is 12.3 Å². The van der Waals surface area contributed by atoms with E-state index < -0.39 is 0 Å². The maximum Gasteiger partial charge on any atom is 0.128 e. The van der Waals surface area contributed by atoms with Gasteiger partial charge in [0, 0.05) is 31.9 Å². The van der Waals surface area contributed by atoms with E-state index in [0.29, 0.717) is 12.1 Å². The first-order valence-electron chi connectivity index (χ1n) is 6.34. The van der Waals surface area contributed by atoms with Gasteiger partial charge in [-0.25, -0.2) is 4.98 Å². The van der Waals surface area contributed by atoms with E-state index in [9.17, 15) is 0 Å². The van der Waals surface area contributed by atoms with Gasteiger partial charge >= 0.3 is 0 Å². The van der Waals surface area contributed by atoms with Gasteiger partial charge in [-0.15, -0.1) is 0 Å². The van der Waals surface area contributed by atoms with Gasteiger partial charge in [-0.1, -0.05) is 11.6 Å². The van der Waals surface area contributed by atoms with Crippen LogP contribution in [0.25, 0.3) is 0 Å². The van der Waals surface area contributed by atoms with E-state index in [1.54, 1.807) is 6.20 Å². The molecule has 1 heterocycles. The van der Waals surface area contributed by atoms with E-state index in [2.05, 4.69) is 28.3 Å². The number of halogens is 1. The summed E-state index contributed by atoms with van der Waals surface area (Å²) in [4.78, 5) is 6.67. The highest BCUT2D eigenvalue weighted by Gasteiger charge is 2.27. The Bertz CT molecular complexity index is 413. The first-order valence-corrected chi connectivity index (χ1v) is 6.72. The molecular formula is C13H18ClN3. The van der Waals surface area contributed by atoms with Crippen molar-refractivity contribution in [3.63, 3.8) is 0 Å². The van der Waals surface area contributed by atoms with Gasteiger partial charge in [-0.2, -0.15) is 0 Å². The molecule has 0 radical (unpaired) electrons. The summed E-state index contributed by atoms with van der Waals surface area (Å²) in [5.74, 6) is 1.05. The van der Waals surface area contributed by atoms with Crippen molar-refractivity contribution < 1.29 is 0 Å². The molecule has 0 saturated heterocycles. The Morgan fingerprint density at radius 3 is 2.82 bits per heavy atom. The summed E-state index contributed by atoms with van der Waals surface area (Å²) < 4.78 is 0. The van der Waals surface area contributed by atoms with Gasteiger partial charge in [-0.3, -0.25) is 0 Å². The summed E-state index contributed by atoms with van der Waals surface area (Å²) >= 11 is 6.18. The molecule has 92 valence electrons. The zero-order chi connectivity index (χ0) is 11.8. The zero-order valence-corrected chi connectivity index (χ0v) is 10.9. The summed E-state index contributed by atoms with van der Waals surface area (Å²) in [5, 5.41) is 4.26. The predicted molar refractivity (Wildman–Crippen MR) is 70.5 cm³/mol. The van der Waals surface area contributed by atoms with Crippen molar-refractivity contribution in [2.75, 3.05) is 11.9 Å². The van der Waals surface area contributed by atoms with Gasteiger partial charge < -0.3 is 10.2 Å². The number of anilines is 1. The van der Waals surface area contributed by atoms with Crippen LogP contribution in [0.3, 0.4) is 0 Å². The maximum atomic E-state index is 6.18.